The first-order valence-electron chi connectivity index (χ1n) is 6.30. The Balaban J connectivity index is 1.92. The van der Waals surface area contributed by atoms with Crippen molar-refractivity contribution in [1.82, 2.24) is 0 Å². The average molecular weight is 224 g/mol. The van der Waals surface area contributed by atoms with Crippen molar-refractivity contribution < 1.29 is 4.74 Å². The van der Waals surface area contributed by atoms with E-state index in [9.17, 15) is 0 Å². The third-order valence-electron chi connectivity index (χ3n) is 3.38. The van der Waals surface area contributed by atoms with E-state index in [-0.39, 0.29) is 5.41 Å². The molecule has 0 spiro atoms. The molecule has 1 aliphatic carbocycles. The molecule has 1 aliphatic rings. The van der Waals surface area contributed by atoms with Crippen LogP contribution in [0.5, 0.6) is 0 Å². The fraction of sp³-hybridized carbons (Fsp3) is 0.923. The van der Waals surface area contributed by atoms with Crippen LogP contribution >= 0.6 is 0 Å². The minimum atomic E-state index is -0.179. The molecule has 0 aromatic rings. The lowest BCUT2D eigenvalue weighted by atomic mass is 9.82. The van der Waals surface area contributed by atoms with Crippen molar-refractivity contribution in [2.45, 2.75) is 52.1 Å². The van der Waals surface area contributed by atoms with E-state index in [4.69, 9.17) is 15.7 Å². The molecule has 0 aromatic carbocycles. The lowest BCUT2D eigenvalue weighted by Gasteiger charge is -2.34. The van der Waals surface area contributed by atoms with Crippen molar-refractivity contribution in [2.75, 3.05) is 13.2 Å². The van der Waals surface area contributed by atoms with Crippen LogP contribution in [0.1, 0.15) is 46.0 Å². The maximum Gasteiger partial charge on any atom is 0.0683 e. The Morgan fingerprint density at radius 1 is 1.38 bits per heavy atom. The van der Waals surface area contributed by atoms with Crippen LogP contribution in [-0.2, 0) is 4.74 Å². The molecule has 0 heterocycles. The Kier molecular flexibility index (Phi) is 5.24. The highest BCUT2D eigenvalue weighted by Crippen LogP contribution is 2.29. The van der Waals surface area contributed by atoms with E-state index < -0.39 is 0 Å². The normalized spacial score (nSPS) is 24.9. The minimum absolute atomic E-state index is 0.179. The second-order valence-corrected chi connectivity index (χ2v) is 5.52. The zero-order valence-electron chi connectivity index (χ0n) is 10.5. The molecule has 92 valence electrons. The van der Waals surface area contributed by atoms with E-state index in [1.54, 1.807) is 0 Å². The Bertz CT molecular complexity index is 239. The molecule has 1 fully saturated rings. The van der Waals surface area contributed by atoms with E-state index in [2.05, 4.69) is 6.07 Å². The molecule has 1 rings (SSSR count). The zero-order chi connectivity index (χ0) is 12.0. The van der Waals surface area contributed by atoms with E-state index in [1.165, 1.54) is 0 Å². The highest BCUT2D eigenvalue weighted by atomic mass is 16.5. The minimum Gasteiger partial charge on any atom is -0.378 e. The third kappa shape index (κ3) is 4.51. The fourth-order valence-corrected chi connectivity index (χ4v) is 1.98. The lowest BCUT2D eigenvalue weighted by Crippen LogP contribution is -2.36. The number of unbranched alkanes of at least 4 members (excludes halogenated alkanes) is 1. The van der Waals surface area contributed by atoms with Gasteiger partial charge in [-0.2, -0.15) is 5.26 Å². The Morgan fingerprint density at radius 2 is 2.06 bits per heavy atom. The zero-order valence-corrected chi connectivity index (χ0v) is 10.5. The second-order valence-electron chi connectivity index (χ2n) is 5.52. The number of hydrogen-bond donors (Lipinski definition) is 1. The average Bonchev–Trinajstić information content (AvgIpc) is 2.20. The fourth-order valence-electron chi connectivity index (χ4n) is 1.98. The number of hydrogen-bond acceptors (Lipinski definition) is 3. The van der Waals surface area contributed by atoms with Crippen LogP contribution in [0.4, 0.5) is 0 Å². The summed E-state index contributed by atoms with van der Waals surface area (Å²) in [5, 5.41) is 8.85. The van der Waals surface area contributed by atoms with Gasteiger partial charge in [0.15, 0.2) is 0 Å². The molecule has 0 atom stereocenters. The first-order chi connectivity index (χ1) is 7.57. The molecule has 0 radical (unpaired) electrons. The Hall–Kier alpha value is -0.590. The summed E-state index contributed by atoms with van der Waals surface area (Å²) in [5.74, 6) is 0.697. The molecule has 3 nitrogen and oxygen atoms in total. The maximum absolute atomic E-state index is 8.85. The smallest absolute Gasteiger partial charge is 0.0683 e. The van der Waals surface area contributed by atoms with Gasteiger partial charge in [-0.1, -0.05) is 0 Å². The van der Waals surface area contributed by atoms with E-state index in [0.717, 1.165) is 45.3 Å². The van der Waals surface area contributed by atoms with Gasteiger partial charge in [0.2, 0.25) is 0 Å². The summed E-state index contributed by atoms with van der Waals surface area (Å²) in [6.07, 6.45) is 5.84. The van der Waals surface area contributed by atoms with Crippen molar-refractivity contribution in [3.8, 4) is 6.07 Å². The summed E-state index contributed by atoms with van der Waals surface area (Å²) in [7, 11) is 0. The van der Waals surface area contributed by atoms with Gasteiger partial charge >= 0.3 is 0 Å². The highest BCUT2D eigenvalue weighted by molar-refractivity contribution is 4.91. The van der Waals surface area contributed by atoms with Crippen LogP contribution in [0, 0.1) is 22.7 Å². The molecule has 16 heavy (non-hydrogen) atoms. The van der Waals surface area contributed by atoms with Crippen LogP contribution in [0.15, 0.2) is 0 Å². The predicted octanol–water partition coefficient (Wildman–Crippen LogP) is 2.46. The molecule has 0 aromatic heterocycles. The molecule has 0 aliphatic heterocycles. The Morgan fingerprint density at radius 3 is 2.62 bits per heavy atom. The molecule has 2 N–H and O–H groups in total. The van der Waals surface area contributed by atoms with Gasteiger partial charge in [-0.05, 0) is 58.4 Å². The largest absolute Gasteiger partial charge is 0.378 e. The van der Waals surface area contributed by atoms with E-state index in [1.807, 2.05) is 13.8 Å². The first kappa shape index (κ1) is 13.5. The molecule has 1 saturated carbocycles. The van der Waals surface area contributed by atoms with Crippen LogP contribution in [-0.4, -0.2) is 19.3 Å². The lowest BCUT2D eigenvalue weighted by molar-refractivity contribution is -0.0294. The number of ether oxygens (including phenoxy) is 1. The molecule has 0 bridgehead atoms. The van der Waals surface area contributed by atoms with Crippen LogP contribution in [0.2, 0.25) is 0 Å². The van der Waals surface area contributed by atoms with Gasteiger partial charge in [0.05, 0.1) is 17.6 Å². The van der Waals surface area contributed by atoms with Crippen LogP contribution < -0.4 is 5.73 Å². The van der Waals surface area contributed by atoms with Gasteiger partial charge in [0.25, 0.3) is 0 Å². The monoisotopic (exact) mass is 224 g/mol. The molecule has 0 amide bonds. The summed E-state index contributed by atoms with van der Waals surface area (Å²) < 4.78 is 5.72. The van der Waals surface area contributed by atoms with Gasteiger partial charge in [0, 0.05) is 6.61 Å². The first-order valence-corrected chi connectivity index (χ1v) is 6.30. The van der Waals surface area contributed by atoms with Gasteiger partial charge in [-0.25, -0.2) is 0 Å². The van der Waals surface area contributed by atoms with Gasteiger partial charge in [0.1, 0.15) is 0 Å². The van der Waals surface area contributed by atoms with Crippen molar-refractivity contribution in [3.63, 3.8) is 0 Å². The predicted molar refractivity (Wildman–Crippen MR) is 64.8 cm³/mol. The van der Waals surface area contributed by atoms with Crippen molar-refractivity contribution in [1.29, 1.82) is 5.26 Å². The van der Waals surface area contributed by atoms with Crippen LogP contribution in [0.25, 0.3) is 0 Å². The summed E-state index contributed by atoms with van der Waals surface area (Å²) in [6.45, 7) is 5.62. The van der Waals surface area contributed by atoms with E-state index >= 15 is 0 Å². The summed E-state index contributed by atoms with van der Waals surface area (Å²) in [6, 6.07) is 2.32. The highest BCUT2D eigenvalue weighted by Gasteiger charge is 2.28. The molecule has 3 heteroatoms. The number of nitrogens with two attached hydrogens (primary N) is 1. The van der Waals surface area contributed by atoms with Crippen molar-refractivity contribution in [2.24, 2.45) is 17.1 Å². The summed E-state index contributed by atoms with van der Waals surface area (Å²) in [5.41, 5.74) is 5.37. The van der Waals surface area contributed by atoms with Crippen molar-refractivity contribution in [3.05, 3.63) is 0 Å². The topological polar surface area (TPSA) is 59.0 Å². The molecular formula is C13H24N2O. The van der Waals surface area contributed by atoms with Crippen LogP contribution in [0.3, 0.4) is 0 Å². The Labute approximate surface area is 99.0 Å². The van der Waals surface area contributed by atoms with E-state index in [0.29, 0.717) is 12.0 Å². The van der Waals surface area contributed by atoms with Gasteiger partial charge in [-0.3, -0.25) is 0 Å². The van der Waals surface area contributed by atoms with Crippen molar-refractivity contribution >= 4 is 0 Å². The summed E-state index contributed by atoms with van der Waals surface area (Å²) >= 11 is 0. The summed E-state index contributed by atoms with van der Waals surface area (Å²) in [4.78, 5) is 0. The second kappa shape index (κ2) is 6.22. The maximum atomic E-state index is 8.85. The number of nitrogens with zero attached hydrogens (tertiary/aromatic N) is 1. The van der Waals surface area contributed by atoms with Gasteiger partial charge in [-0.15, -0.1) is 0 Å². The molecular weight excluding hydrogens is 200 g/mol. The third-order valence-corrected chi connectivity index (χ3v) is 3.38. The number of rotatable bonds is 7. The standard InChI is InChI=1S/C13H24N2O/c1-13(2,10-15)5-3-4-6-16-12-7-11(8-12)9-14/h11-12H,3-9,14H2,1-2H3. The van der Waals surface area contributed by atoms with Gasteiger partial charge < -0.3 is 10.5 Å². The molecule has 0 unspecified atom stereocenters. The quantitative estimate of drug-likeness (QED) is 0.676. The number of nitriles is 1. The SMILES string of the molecule is CC(C)(C#N)CCCCOC1CC(CN)C1. The molecule has 0 saturated heterocycles.